The molecule has 0 aliphatic rings. The second-order valence-corrected chi connectivity index (χ2v) is 9.23. The van der Waals surface area contributed by atoms with Gasteiger partial charge >= 0.3 is 11.9 Å². The van der Waals surface area contributed by atoms with Crippen molar-refractivity contribution in [3.63, 3.8) is 0 Å². The predicted octanol–water partition coefficient (Wildman–Crippen LogP) is 4.54. The molecule has 0 heterocycles. The summed E-state index contributed by atoms with van der Waals surface area (Å²) in [6.45, 7) is 3.56. The normalized spacial score (nSPS) is 11.8. The van der Waals surface area contributed by atoms with E-state index in [1.54, 1.807) is 0 Å². The minimum Gasteiger partial charge on any atom is -0.550 e. The van der Waals surface area contributed by atoms with Gasteiger partial charge in [0.1, 0.15) is 0 Å². The summed E-state index contributed by atoms with van der Waals surface area (Å²) in [5, 5.41) is 29.1. The molecule has 0 radical (unpaired) electrons. The van der Waals surface area contributed by atoms with E-state index in [1.165, 1.54) is 57.8 Å². The molecule has 7 heteroatoms. The maximum absolute atomic E-state index is 11.1. The fourth-order valence-corrected chi connectivity index (χ4v) is 4.18. The van der Waals surface area contributed by atoms with Gasteiger partial charge in [0.2, 0.25) is 0 Å². The molecule has 0 fully saturated rings. The molecule has 0 unspecified atom stereocenters. The molecule has 0 rings (SSSR count). The smallest absolute Gasteiger partial charge is 0.309 e. The molecule has 33 heavy (non-hydrogen) atoms. The Labute approximate surface area is 200 Å². The van der Waals surface area contributed by atoms with Crippen molar-refractivity contribution in [1.29, 1.82) is 0 Å². The highest BCUT2D eigenvalue weighted by molar-refractivity contribution is 5.67. The van der Waals surface area contributed by atoms with Crippen LogP contribution in [-0.4, -0.2) is 58.8 Å². The number of carbonyl (C=O) groups excluding carboxylic acids is 1. The number of rotatable bonds is 24. The molecule has 0 aromatic heterocycles. The molecule has 2 N–H and O–H groups in total. The highest BCUT2D eigenvalue weighted by Gasteiger charge is 2.28. The van der Waals surface area contributed by atoms with Gasteiger partial charge in [0.15, 0.2) is 0 Å². The Hall–Kier alpha value is -1.89. The Kier molecular flexibility index (Phi) is 19.5. The number of hydrogen-bond donors (Lipinski definition) is 2. The SMILES string of the molecule is CCCCC/C=C/CCCCCCCCCC[N+](CCC(=O)[O-])(CCC(=O)O)CCC(=O)O. The maximum Gasteiger partial charge on any atom is 0.309 e. The number of carboxylic acid groups (broad SMARTS) is 3. The van der Waals surface area contributed by atoms with Gasteiger partial charge < -0.3 is 24.6 Å². The van der Waals surface area contributed by atoms with Crippen LogP contribution in [0, 0.1) is 0 Å². The summed E-state index contributed by atoms with van der Waals surface area (Å²) >= 11 is 0. The number of hydrogen-bond acceptors (Lipinski definition) is 4. The Morgan fingerprint density at radius 1 is 0.636 bits per heavy atom. The number of carbonyl (C=O) groups is 3. The van der Waals surface area contributed by atoms with Gasteiger partial charge in [0.25, 0.3) is 0 Å². The Balaban J connectivity index is 4.16. The lowest BCUT2D eigenvalue weighted by atomic mass is 10.1. The molecule has 0 saturated heterocycles. The highest BCUT2D eigenvalue weighted by atomic mass is 16.4. The lowest BCUT2D eigenvalue weighted by Gasteiger charge is -2.38. The van der Waals surface area contributed by atoms with E-state index in [-0.39, 0.29) is 43.4 Å². The third kappa shape index (κ3) is 20.4. The van der Waals surface area contributed by atoms with Gasteiger partial charge in [-0.25, -0.2) is 0 Å². The number of carboxylic acids is 3. The van der Waals surface area contributed by atoms with Crippen molar-refractivity contribution in [2.45, 2.75) is 110 Å². The van der Waals surface area contributed by atoms with Crippen LogP contribution in [0.3, 0.4) is 0 Å². The molecule has 192 valence electrons. The second kappa shape index (κ2) is 20.7. The van der Waals surface area contributed by atoms with Crippen molar-refractivity contribution in [2.24, 2.45) is 0 Å². The van der Waals surface area contributed by atoms with E-state index < -0.39 is 17.9 Å². The van der Waals surface area contributed by atoms with Gasteiger partial charge in [-0.1, -0.05) is 64.0 Å². The number of allylic oxidation sites excluding steroid dienone is 2. The molecule has 0 bridgehead atoms. The van der Waals surface area contributed by atoms with Gasteiger partial charge in [-0.05, 0) is 38.5 Å². The lowest BCUT2D eigenvalue weighted by Crippen LogP contribution is -2.53. The molecular formula is C26H47NO6. The molecule has 0 amide bonds. The van der Waals surface area contributed by atoms with Crippen molar-refractivity contribution in [3.05, 3.63) is 12.2 Å². The lowest BCUT2D eigenvalue weighted by molar-refractivity contribution is -0.927. The predicted molar refractivity (Wildman–Crippen MR) is 129 cm³/mol. The first-order valence-electron chi connectivity index (χ1n) is 12.9. The molecular weight excluding hydrogens is 422 g/mol. The quantitative estimate of drug-likeness (QED) is 0.122. The number of unbranched alkanes of at least 4 members (excludes halogenated alkanes) is 11. The summed E-state index contributed by atoms with van der Waals surface area (Å²) < 4.78 is 0.221. The van der Waals surface area contributed by atoms with Crippen molar-refractivity contribution in [1.82, 2.24) is 0 Å². The van der Waals surface area contributed by atoms with Crippen LogP contribution in [0.2, 0.25) is 0 Å². The first kappa shape index (κ1) is 31.1. The molecule has 7 nitrogen and oxygen atoms in total. The van der Waals surface area contributed by atoms with Crippen LogP contribution < -0.4 is 5.11 Å². The molecule has 0 spiro atoms. The third-order valence-corrected chi connectivity index (χ3v) is 6.28. The van der Waals surface area contributed by atoms with Crippen molar-refractivity contribution < 1.29 is 34.2 Å². The second-order valence-electron chi connectivity index (χ2n) is 9.23. The van der Waals surface area contributed by atoms with E-state index in [0.717, 1.165) is 25.7 Å². The number of quaternary nitrogens is 1. The van der Waals surface area contributed by atoms with Gasteiger partial charge in [0, 0.05) is 12.4 Å². The van der Waals surface area contributed by atoms with Crippen LogP contribution in [0.25, 0.3) is 0 Å². The highest BCUT2D eigenvalue weighted by Crippen LogP contribution is 2.17. The Morgan fingerprint density at radius 3 is 1.52 bits per heavy atom. The minimum atomic E-state index is -1.19. The van der Waals surface area contributed by atoms with Crippen molar-refractivity contribution in [3.8, 4) is 0 Å². The van der Waals surface area contributed by atoms with E-state index in [9.17, 15) is 19.5 Å². The molecule has 0 saturated carbocycles. The Morgan fingerprint density at radius 2 is 1.06 bits per heavy atom. The summed E-state index contributed by atoms with van der Waals surface area (Å²) in [4.78, 5) is 33.1. The van der Waals surface area contributed by atoms with Gasteiger partial charge in [-0.15, -0.1) is 0 Å². The summed E-state index contributed by atoms with van der Waals surface area (Å²) in [5.74, 6) is -3.09. The zero-order chi connectivity index (χ0) is 24.8. The fraction of sp³-hybridized carbons (Fsp3) is 0.808. The van der Waals surface area contributed by atoms with Crippen molar-refractivity contribution >= 4 is 17.9 Å². The summed E-state index contributed by atoms with van der Waals surface area (Å²) in [5.41, 5.74) is 0. The molecule has 0 aromatic rings. The monoisotopic (exact) mass is 469 g/mol. The number of nitrogens with zero attached hydrogens (tertiary/aromatic N) is 1. The van der Waals surface area contributed by atoms with Crippen LogP contribution in [-0.2, 0) is 14.4 Å². The van der Waals surface area contributed by atoms with E-state index in [2.05, 4.69) is 19.1 Å². The Bertz CT molecular complexity index is 515. The van der Waals surface area contributed by atoms with Gasteiger partial charge in [-0.3, -0.25) is 9.59 Å². The molecule has 0 aromatic carbocycles. The molecule has 0 aliphatic heterocycles. The average Bonchev–Trinajstić information content (AvgIpc) is 2.76. The maximum atomic E-state index is 11.1. The topological polar surface area (TPSA) is 115 Å². The third-order valence-electron chi connectivity index (χ3n) is 6.28. The van der Waals surface area contributed by atoms with Gasteiger partial charge in [-0.2, -0.15) is 0 Å². The molecule has 0 atom stereocenters. The average molecular weight is 470 g/mol. The molecule has 0 aliphatic carbocycles. The van der Waals surface area contributed by atoms with Crippen LogP contribution in [0.15, 0.2) is 12.2 Å². The first-order chi connectivity index (χ1) is 15.8. The first-order valence-corrected chi connectivity index (χ1v) is 12.9. The summed E-state index contributed by atoms with van der Waals surface area (Å²) in [6, 6.07) is 0. The standard InChI is InChI=1S/C26H47NO6/c1-2-3-4-5-6-7-8-9-10-11-12-13-14-15-16-20-27(21-17-24(28)29,22-18-25(30)31)23-19-26(32)33/h6-7H,2-5,8-23H2,1H3,(H2-,28,29,30,31,32,33)/b7-6+. The number of aliphatic carboxylic acids is 3. The summed E-state index contributed by atoms with van der Waals surface area (Å²) in [7, 11) is 0. The van der Waals surface area contributed by atoms with E-state index >= 15 is 0 Å². The van der Waals surface area contributed by atoms with E-state index in [1.807, 2.05) is 0 Å². The zero-order valence-corrected chi connectivity index (χ0v) is 20.8. The van der Waals surface area contributed by atoms with Gasteiger partial charge in [0.05, 0.1) is 39.0 Å². The van der Waals surface area contributed by atoms with E-state index in [0.29, 0.717) is 6.54 Å². The van der Waals surface area contributed by atoms with Crippen molar-refractivity contribution in [2.75, 3.05) is 26.2 Å². The zero-order valence-electron chi connectivity index (χ0n) is 20.8. The van der Waals surface area contributed by atoms with Crippen LogP contribution in [0.4, 0.5) is 0 Å². The largest absolute Gasteiger partial charge is 0.550 e. The fourth-order valence-electron chi connectivity index (χ4n) is 4.18. The van der Waals surface area contributed by atoms with Crippen LogP contribution in [0.5, 0.6) is 0 Å². The van der Waals surface area contributed by atoms with Crippen LogP contribution >= 0.6 is 0 Å². The minimum absolute atomic E-state index is 0.0966. The van der Waals surface area contributed by atoms with E-state index in [4.69, 9.17) is 10.2 Å². The summed E-state index contributed by atoms with van der Waals surface area (Å²) in [6.07, 6.45) is 19.5. The van der Waals surface area contributed by atoms with Crippen LogP contribution in [0.1, 0.15) is 110 Å².